The van der Waals surface area contributed by atoms with Crippen LogP contribution in [-0.2, 0) is 42.1 Å². The molecular formula is C42H48N2O6. The van der Waals surface area contributed by atoms with E-state index < -0.39 is 5.97 Å². The van der Waals surface area contributed by atoms with Gasteiger partial charge in [-0.25, -0.2) is 4.79 Å². The van der Waals surface area contributed by atoms with Gasteiger partial charge in [-0.1, -0.05) is 85.8 Å². The van der Waals surface area contributed by atoms with Crippen LogP contribution in [0.15, 0.2) is 97.1 Å². The molecule has 1 unspecified atom stereocenters. The van der Waals surface area contributed by atoms with Crippen molar-refractivity contribution in [2.75, 3.05) is 13.1 Å². The van der Waals surface area contributed by atoms with Gasteiger partial charge in [0.1, 0.15) is 13.2 Å². The second kappa shape index (κ2) is 18.6. The Balaban J connectivity index is 1.14. The van der Waals surface area contributed by atoms with E-state index in [2.05, 4.69) is 47.5 Å². The first-order valence-corrected chi connectivity index (χ1v) is 17.8. The largest absolute Gasteiger partial charge is 0.485 e. The lowest BCUT2D eigenvalue weighted by molar-refractivity contribution is -0.134. The zero-order chi connectivity index (χ0) is 35.1. The van der Waals surface area contributed by atoms with E-state index in [9.17, 15) is 14.4 Å². The number of nitrogens with one attached hydrogen (secondary N) is 1. The molecule has 8 nitrogen and oxygen atoms in total. The maximum atomic E-state index is 13.5. The van der Waals surface area contributed by atoms with Crippen LogP contribution in [0.1, 0.15) is 83.6 Å². The fourth-order valence-corrected chi connectivity index (χ4v) is 6.49. The summed E-state index contributed by atoms with van der Waals surface area (Å²) in [5, 5.41) is 12.0. The van der Waals surface area contributed by atoms with E-state index in [0.717, 1.165) is 59.4 Å². The summed E-state index contributed by atoms with van der Waals surface area (Å²) in [5.74, 6) is 0.689. The molecule has 0 aliphatic heterocycles. The van der Waals surface area contributed by atoms with Gasteiger partial charge in [-0.05, 0) is 85.4 Å². The molecule has 8 heteroatoms. The first kappa shape index (κ1) is 36.2. The minimum Gasteiger partial charge on any atom is -0.485 e. The number of amides is 2. The third-order valence-corrected chi connectivity index (χ3v) is 9.17. The molecular weight excluding hydrogens is 628 g/mol. The molecule has 262 valence electrons. The van der Waals surface area contributed by atoms with Crippen LogP contribution in [0.5, 0.6) is 11.5 Å². The van der Waals surface area contributed by atoms with Crippen molar-refractivity contribution in [1.29, 1.82) is 0 Å². The highest BCUT2D eigenvalue weighted by molar-refractivity contribution is 5.87. The molecule has 2 N–H and O–H groups in total. The van der Waals surface area contributed by atoms with Crippen LogP contribution in [0.25, 0.3) is 0 Å². The van der Waals surface area contributed by atoms with E-state index in [-0.39, 0.29) is 23.4 Å². The second-order valence-electron chi connectivity index (χ2n) is 12.9. The highest BCUT2D eigenvalue weighted by atomic mass is 16.5. The van der Waals surface area contributed by atoms with Crippen LogP contribution in [0, 0.1) is 0 Å². The van der Waals surface area contributed by atoms with Crippen molar-refractivity contribution < 1.29 is 29.0 Å². The second-order valence-corrected chi connectivity index (χ2v) is 12.9. The van der Waals surface area contributed by atoms with Gasteiger partial charge in [-0.2, -0.15) is 0 Å². The number of rotatable bonds is 18. The number of carboxylic acids is 1. The van der Waals surface area contributed by atoms with Crippen molar-refractivity contribution in [1.82, 2.24) is 10.2 Å². The third kappa shape index (κ3) is 10.4. The van der Waals surface area contributed by atoms with Gasteiger partial charge in [0.15, 0.2) is 11.5 Å². The molecule has 0 heterocycles. The van der Waals surface area contributed by atoms with E-state index in [4.69, 9.17) is 14.6 Å². The highest BCUT2D eigenvalue weighted by Crippen LogP contribution is 2.40. The number of unbranched alkanes of at least 4 members (excludes halogenated alkanes) is 1. The molecule has 0 saturated carbocycles. The number of fused-ring (bicyclic) bond motifs is 1. The average molecular weight is 677 g/mol. The summed E-state index contributed by atoms with van der Waals surface area (Å²) < 4.78 is 12.8. The molecule has 1 aliphatic carbocycles. The molecule has 4 aromatic rings. The fraction of sp³-hybridized carbons (Fsp3) is 0.357. The molecule has 0 spiro atoms. The molecule has 4 aromatic carbocycles. The SMILES string of the molecule is CCCN(C(=O)CCCCC(=O)NCCc1ccc(C(=O)O)cc1)C1CCc2c(ccc(OCc3ccccc3)c2OCc2ccccc2)C1. The Morgan fingerprint density at radius 3 is 2.12 bits per heavy atom. The molecule has 1 atom stereocenters. The van der Waals surface area contributed by atoms with Crippen LogP contribution in [-0.4, -0.2) is 46.9 Å². The summed E-state index contributed by atoms with van der Waals surface area (Å²) in [5.41, 5.74) is 5.76. The van der Waals surface area contributed by atoms with Gasteiger partial charge in [-0.15, -0.1) is 0 Å². The Labute approximate surface area is 295 Å². The van der Waals surface area contributed by atoms with Crippen molar-refractivity contribution in [3.05, 3.63) is 130 Å². The van der Waals surface area contributed by atoms with Gasteiger partial charge in [0.2, 0.25) is 11.8 Å². The summed E-state index contributed by atoms with van der Waals surface area (Å²) in [6.07, 6.45) is 6.02. The summed E-state index contributed by atoms with van der Waals surface area (Å²) >= 11 is 0. The summed E-state index contributed by atoms with van der Waals surface area (Å²) in [7, 11) is 0. The maximum absolute atomic E-state index is 13.5. The number of aromatic carboxylic acids is 1. The lowest BCUT2D eigenvalue weighted by atomic mass is 9.86. The number of hydrogen-bond acceptors (Lipinski definition) is 5. The number of carbonyl (C=O) groups excluding carboxylic acids is 2. The van der Waals surface area contributed by atoms with Gasteiger partial charge in [0, 0.05) is 37.5 Å². The zero-order valence-electron chi connectivity index (χ0n) is 28.9. The summed E-state index contributed by atoms with van der Waals surface area (Å²) in [4.78, 5) is 39.0. The molecule has 0 bridgehead atoms. The molecule has 50 heavy (non-hydrogen) atoms. The Morgan fingerprint density at radius 2 is 1.46 bits per heavy atom. The van der Waals surface area contributed by atoms with Crippen LogP contribution in [0.2, 0.25) is 0 Å². The maximum Gasteiger partial charge on any atom is 0.335 e. The van der Waals surface area contributed by atoms with E-state index in [0.29, 0.717) is 58.4 Å². The summed E-state index contributed by atoms with van der Waals surface area (Å²) in [6, 6.07) is 31.2. The van der Waals surface area contributed by atoms with E-state index in [1.165, 1.54) is 5.56 Å². The van der Waals surface area contributed by atoms with Crippen LogP contribution < -0.4 is 14.8 Å². The van der Waals surface area contributed by atoms with Crippen molar-refractivity contribution in [2.24, 2.45) is 0 Å². The molecule has 1 aliphatic rings. The van der Waals surface area contributed by atoms with Gasteiger partial charge in [0.05, 0.1) is 5.56 Å². The normalized spacial score (nSPS) is 13.6. The molecule has 2 amide bonds. The lowest BCUT2D eigenvalue weighted by Crippen LogP contribution is -2.43. The Morgan fingerprint density at radius 1 is 0.800 bits per heavy atom. The predicted octanol–water partition coefficient (Wildman–Crippen LogP) is 7.56. The first-order chi connectivity index (χ1) is 24.4. The zero-order valence-corrected chi connectivity index (χ0v) is 28.9. The Bertz CT molecular complexity index is 1690. The third-order valence-electron chi connectivity index (χ3n) is 9.17. The first-order valence-electron chi connectivity index (χ1n) is 17.8. The van der Waals surface area contributed by atoms with E-state index in [1.54, 1.807) is 24.3 Å². The van der Waals surface area contributed by atoms with Crippen LogP contribution >= 0.6 is 0 Å². The molecule has 5 rings (SSSR count). The van der Waals surface area contributed by atoms with E-state index >= 15 is 0 Å². The van der Waals surface area contributed by atoms with Crippen molar-refractivity contribution in [3.8, 4) is 11.5 Å². The predicted molar refractivity (Wildman–Crippen MR) is 194 cm³/mol. The Hall–Kier alpha value is -5.11. The number of carbonyl (C=O) groups is 3. The number of ether oxygens (including phenoxy) is 2. The smallest absolute Gasteiger partial charge is 0.335 e. The van der Waals surface area contributed by atoms with Crippen LogP contribution in [0.3, 0.4) is 0 Å². The van der Waals surface area contributed by atoms with Gasteiger partial charge in [-0.3, -0.25) is 9.59 Å². The fourth-order valence-electron chi connectivity index (χ4n) is 6.49. The minimum atomic E-state index is -0.955. The lowest BCUT2D eigenvalue weighted by Gasteiger charge is -2.36. The standard InChI is InChI=1S/C42H48N2O6/c1-2-27-44(40(46)16-10-9-15-39(45)43-26-25-31-17-19-34(20-18-31)42(47)48)36-22-23-37-35(28-36)21-24-38(49-29-32-11-5-3-6-12-32)41(37)50-30-33-13-7-4-8-14-33/h3-8,11-14,17-21,24,36H,2,9-10,15-16,22-23,25-30H2,1H3,(H,43,45)(H,47,48). The highest BCUT2D eigenvalue weighted by Gasteiger charge is 2.30. The van der Waals surface area contributed by atoms with Crippen LogP contribution in [0.4, 0.5) is 0 Å². The summed E-state index contributed by atoms with van der Waals surface area (Å²) in [6.45, 7) is 4.20. The van der Waals surface area contributed by atoms with Crippen molar-refractivity contribution >= 4 is 17.8 Å². The van der Waals surface area contributed by atoms with Crippen molar-refractivity contribution in [3.63, 3.8) is 0 Å². The topological polar surface area (TPSA) is 105 Å². The Kier molecular flexibility index (Phi) is 13.5. The van der Waals surface area contributed by atoms with Gasteiger partial charge >= 0.3 is 5.97 Å². The minimum absolute atomic E-state index is 0.0358. The number of carboxylic acid groups (broad SMARTS) is 1. The van der Waals surface area contributed by atoms with Gasteiger partial charge in [0.25, 0.3) is 0 Å². The molecule has 0 radical (unpaired) electrons. The number of nitrogens with zero attached hydrogens (tertiary/aromatic N) is 1. The molecule has 0 aromatic heterocycles. The van der Waals surface area contributed by atoms with Gasteiger partial charge < -0.3 is 24.8 Å². The average Bonchev–Trinajstić information content (AvgIpc) is 3.14. The number of benzene rings is 4. The van der Waals surface area contributed by atoms with Crippen molar-refractivity contribution in [2.45, 2.75) is 84.0 Å². The number of hydrogen-bond donors (Lipinski definition) is 2. The van der Waals surface area contributed by atoms with E-state index in [1.807, 2.05) is 42.5 Å². The molecule has 0 fully saturated rings. The molecule has 0 saturated heterocycles. The monoisotopic (exact) mass is 676 g/mol. The quantitative estimate of drug-likeness (QED) is 0.105.